The molecular weight excluding hydrogens is 227 g/mol. The minimum atomic E-state index is -1.35. The Morgan fingerprint density at radius 1 is 1.57 bits per heavy atom. The van der Waals surface area contributed by atoms with Crippen LogP contribution in [-0.2, 0) is 9.53 Å². The second kappa shape index (κ2) is 6.45. The van der Waals surface area contributed by atoms with Crippen molar-refractivity contribution < 1.29 is 9.53 Å². The molecule has 0 bridgehead atoms. The number of carbonyl (C=O) groups excluding carboxylic acids is 1. The average Bonchev–Trinajstić information content (AvgIpc) is 2.14. The monoisotopic (exact) mass is 242 g/mol. The number of hydrogen-bond acceptors (Lipinski definition) is 4. The second-order valence-electron chi connectivity index (χ2n) is 2.95. The van der Waals surface area contributed by atoms with Gasteiger partial charge in [0.25, 0.3) is 0 Å². The van der Waals surface area contributed by atoms with Gasteiger partial charge in [0, 0.05) is 0 Å². The van der Waals surface area contributed by atoms with E-state index in [1.807, 2.05) is 0 Å². The SMILES string of the molecule is CCOC(=O)C(N)(CCCN)C(Cl)Cl. The van der Waals surface area contributed by atoms with E-state index >= 15 is 0 Å². The summed E-state index contributed by atoms with van der Waals surface area (Å²) in [7, 11) is 0. The van der Waals surface area contributed by atoms with Crippen molar-refractivity contribution in [3.05, 3.63) is 0 Å². The Kier molecular flexibility index (Phi) is 6.44. The van der Waals surface area contributed by atoms with Gasteiger partial charge in [0.05, 0.1) is 6.61 Å². The standard InChI is InChI=1S/C8H16Cl2N2O2/c1-2-14-7(13)8(12,6(9)10)4-3-5-11/h6H,2-5,11-12H2,1H3. The summed E-state index contributed by atoms with van der Waals surface area (Å²) in [5.74, 6) is -0.580. The first kappa shape index (κ1) is 14.0. The van der Waals surface area contributed by atoms with E-state index in [0.717, 1.165) is 0 Å². The van der Waals surface area contributed by atoms with Crippen molar-refractivity contribution in [2.24, 2.45) is 11.5 Å². The van der Waals surface area contributed by atoms with Crippen molar-refractivity contribution in [3.63, 3.8) is 0 Å². The number of alkyl halides is 2. The van der Waals surface area contributed by atoms with Crippen LogP contribution in [0.15, 0.2) is 0 Å². The number of halogens is 2. The highest BCUT2D eigenvalue weighted by Gasteiger charge is 2.41. The third kappa shape index (κ3) is 3.61. The largest absolute Gasteiger partial charge is 0.465 e. The zero-order valence-corrected chi connectivity index (χ0v) is 9.64. The Morgan fingerprint density at radius 2 is 2.14 bits per heavy atom. The van der Waals surface area contributed by atoms with Crippen molar-refractivity contribution in [2.45, 2.75) is 30.1 Å². The molecule has 0 aliphatic heterocycles. The molecule has 0 amide bonds. The quantitative estimate of drug-likeness (QED) is 0.534. The van der Waals surface area contributed by atoms with Crippen molar-refractivity contribution in [1.82, 2.24) is 0 Å². The van der Waals surface area contributed by atoms with Gasteiger partial charge in [-0.25, -0.2) is 4.79 Å². The van der Waals surface area contributed by atoms with E-state index in [1.165, 1.54) is 0 Å². The lowest BCUT2D eigenvalue weighted by Gasteiger charge is -2.27. The number of esters is 1. The molecule has 14 heavy (non-hydrogen) atoms. The molecule has 0 saturated carbocycles. The van der Waals surface area contributed by atoms with E-state index in [2.05, 4.69) is 0 Å². The van der Waals surface area contributed by atoms with Gasteiger partial charge >= 0.3 is 5.97 Å². The summed E-state index contributed by atoms with van der Waals surface area (Å²) < 4.78 is 4.79. The molecule has 0 spiro atoms. The van der Waals surface area contributed by atoms with Crippen molar-refractivity contribution in [3.8, 4) is 0 Å². The first-order chi connectivity index (χ1) is 6.49. The first-order valence-corrected chi connectivity index (χ1v) is 5.30. The highest BCUT2D eigenvalue weighted by molar-refractivity contribution is 6.46. The minimum absolute atomic E-state index is 0.251. The zero-order valence-electron chi connectivity index (χ0n) is 8.13. The number of carbonyl (C=O) groups is 1. The Bertz CT molecular complexity index is 190. The van der Waals surface area contributed by atoms with Crippen LogP contribution in [0.4, 0.5) is 0 Å². The van der Waals surface area contributed by atoms with Crippen molar-refractivity contribution in [2.75, 3.05) is 13.2 Å². The lowest BCUT2D eigenvalue weighted by atomic mass is 9.97. The van der Waals surface area contributed by atoms with Crippen molar-refractivity contribution >= 4 is 29.2 Å². The highest BCUT2D eigenvalue weighted by atomic mass is 35.5. The van der Waals surface area contributed by atoms with Crippen molar-refractivity contribution in [1.29, 1.82) is 0 Å². The third-order valence-electron chi connectivity index (χ3n) is 1.84. The molecule has 0 aromatic rings. The number of nitrogens with two attached hydrogens (primary N) is 2. The maximum atomic E-state index is 11.5. The fourth-order valence-corrected chi connectivity index (χ4v) is 1.36. The fraction of sp³-hybridized carbons (Fsp3) is 0.875. The lowest BCUT2D eigenvalue weighted by molar-refractivity contribution is -0.149. The molecule has 1 atom stereocenters. The average molecular weight is 243 g/mol. The minimum Gasteiger partial charge on any atom is -0.465 e. The summed E-state index contributed by atoms with van der Waals surface area (Å²) in [6, 6.07) is 0. The Morgan fingerprint density at radius 3 is 2.50 bits per heavy atom. The van der Waals surface area contributed by atoms with Gasteiger partial charge < -0.3 is 16.2 Å². The van der Waals surface area contributed by atoms with Crippen LogP contribution in [0.1, 0.15) is 19.8 Å². The molecule has 0 fully saturated rings. The molecule has 6 heteroatoms. The van der Waals surface area contributed by atoms with Crippen LogP contribution in [0.2, 0.25) is 0 Å². The third-order valence-corrected chi connectivity index (χ3v) is 2.62. The van der Waals surface area contributed by atoms with E-state index in [4.69, 9.17) is 39.4 Å². The summed E-state index contributed by atoms with van der Waals surface area (Å²) in [6.45, 7) is 2.37. The maximum absolute atomic E-state index is 11.5. The van der Waals surface area contributed by atoms with Crippen LogP contribution in [0.3, 0.4) is 0 Å². The molecule has 4 N–H and O–H groups in total. The smallest absolute Gasteiger partial charge is 0.328 e. The highest BCUT2D eigenvalue weighted by Crippen LogP contribution is 2.24. The van der Waals surface area contributed by atoms with E-state index in [0.29, 0.717) is 19.4 Å². The Hall–Kier alpha value is -0.0300. The number of hydrogen-bond donors (Lipinski definition) is 2. The summed E-state index contributed by atoms with van der Waals surface area (Å²) >= 11 is 11.3. The van der Waals surface area contributed by atoms with E-state index in [-0.39, 0.29) is 6.61 Å². The summed E-state index contributed by atoms with van der Waals surface area (Å²) in [4.78, 5) is 10.5. The van der Waals surface area contributed by atoms with Gasteiger partial charge in [0.15, 0.2) is 0 Å². The Labute approximate surface area is 93.9 Å². The first-order valence-electron chi connectivity index (χ1n) is 4.43. The number of ether oxygens (including phenoxy) is 1. The number of rotatable bonds is 6. The van der Waals surface area contributed by atoms with E-state index in [1.54, 1.807) is 6.92 Å². The van der Waals surface area contributed by atoms with Crippen LogP contribution < -0.4 is 11.5 Å². The summed E-state index contributed by atoms with van der Waals surface area (Å²) in [6.07, 6.45) is 0.894. The van der Waals surface area contributed by atoms with Crippen LogP contribution in [-0.4, -0.2) is 29.5 Å². The molecule has 0 heterocycles. The fourth-order valence-electron chi connectivity index (χ4n) is 0.960. The van der Waals surface area contributed by atoms with Gasteiger partial charge in [0.2, 0.25) is 0 Å². The van der Waals surface area contributed by atoms with Crippen LogP contribution in [0.5, 0.6) is 0 Å². The summed E-state index contributed by atoms with van der Waals surface area (Å²) in [5.41, 5.74) is 9.73. The zero-order chi connectivity index (χ0) is 11.2. The predicted octanol–water partition coefficient (Wildman–Crippen LogP) is 0.790. The molecule has 0 aliphatic rings. The van der Waals surface area contributed by atoms with Crippen LogP contribution in [0.25, 0.3) is 0 Å². The van der Waals surface area contributed by atoms with Gasteiger partial charge in [-0.15, -0.1) is 23.2 Å². The molecule has 1 unspecified atom stereocenters. The normalized spacial score (nSPS) is 15.3. The predicted molar refractivity (Wildman–Crippen MR) is 57.3 cm³/mol. The topological polar surface area (TPSA) is 78.3 Å². The van der Waals surface area contributed by atoms with Crippen LogP contribution in [0, 0.1) is 0 Å². The van der Waals surface area contributed by atoms with Gasteiger partial charge in [0.1, 0.15) is 10.4 Å². The van der Waals surface area contributed by atoms with Crippen LogP contribution >= 0.6 is 23.2 Å². The summed E-state index contributed by atoms with van der Waals surface area (Å²) in [5, 5.41) is 0. The molecule has 0 aromatic carbocycles. The molecular formula is C8H16Cl2N2O2. The van der Waals surface area contributed by atoms with E-state index < -0.39 is 16.3 Å². The molecule has 0 saturated heterocycles. The van der Waals surface area contributed by atoms with E-state index in [9.17, 15) is 4.79 Å². The molecule has 0 rings (SSSR count). The van der Waals surface area contributed by atoms with Gasteiger partial charge in [-0.05, 0) is 26.3 Å². The van der Waals surface area contributed by atoms with Gasteiger partial charge in [-0.3, -0.25) is 0 Å². The van der Waals surface area contributed by atoms with Gasteiger partial charge in [-0.2, -0.15) is 0 Å². The molecule has 0 aliphatic carbocycles. The molecule has 4 nitrogen and oxygen atoms in total. The molecule has 0 radical (unpaired) electrons. The second-order valence-corrected chi connectivity index (χ2v) is 4.05. The molecule has 0 aromatic heterocycles. The Balaban J connectivity index is 4.45. The maximum Gasteiger partial charge on any atom is 0.328 e. The van der Waals surface area contributed by atoms with Gasteiger partial charge in [-0.1, -0.05) is 0 Å². The molecule has 84 valence electrons. The lowest BCUT2D eigenvalue weighted by Crippen LogP contribution is -2.54.